The number of hydrogen-bond donors (Lipinski definition) is 2. The first-order valence-corrected chi connectivity index (χ1v) is 9.78. The molecule has 0 radical (unpaired) electrons. The minimum absolute atomic E-state index is 0.0438. The van der Waals surface area contributed by atoms with Crippen molar-refractivity contribution in [2.45, 2.75) is 46.1 Å². The lowest BCUT2D eigenvalue weighted by Gasteiger charge is -2.23. The van der Waals surface area contributed by atoms with Crippen molar-refractivity contribution < 1.29 is 9.59 Å². The van der Waals surface area contributed by atoms with Gasteiger partial charge >= 0.3 is 0 Å². The van der Waals surface area contributed by atoms with Crippen molar-refractivity contribution in [1.82, 2.24) is 5.32 Å². The Balaban J connectivity index is 1.66. The normalized spacial score (nSPS) is 14.7. The molecule has 0 bridgehead atoms. The van der Waals surface area contributed by atoms with Crippen molar-refractivity contribution in [3.05, 3.63) is 65.2 Å². The van der Waals surface area contributed by atoms with Crippen LogP contribution in [-0.2, 0) is 11.2 Å². The van der Waals surface area contributed by atoms with Crippen LogP contribution in [-0.4, -0.2) is 11.8 Å². The number of rotatable bonds is 7. The molecular weight excluding hydrogens is 336 g/mol. The molecule has 0 spiro atoms. The smallest absolute Gasteiger partial charge is 0.251 e. The van der Waals surface area contributed by atoms with E-state index in [0.29, 0.717) is 5.56 Å². The van der Waals surface area contributed by atoms with Crippen LogP contribution in [0.1, 0.15) is 61.1 Å². The predicted octanol–water partition coefficient (Wildman–Crippen LogP) is 4.72. The van der Waals surface area contributed by atoms with E-state index in [1.807, 2.05) is 0 Å². The molecule has 4 heteroatoms. The third-order valence-corrected chi connectivity index (χ3v) is 5.06. The Kier molecular flexibility index (Phi) is 5.94. The molecule has 0 aliphatic heterocycles. The van der Waals surface area contributed by atoms with E-state index in [-0.39, 0.29) is 29.7 Å². The summed E-state index contributed by atoms with van der Waals surface area (Å²) in [5.41, 5.74) is 3.73. The highest BCUT2D eigenvalue weighted by molar-refractivity contribution is 5.97. The Bertz CT molecular complexity index is 790. The summed E-state index contributed by atoms with van der Waals surface area (Å²) in [6.07, 6.45) is 2.95. The lowest BCUT2D eigenvalue weighted by atomic mass is 9.94. The molecular formula is C23H28N2O2. The number of benzene rings is 2. The number of amides is 2. The molecule has 2 amide bonds. The fourth-order valence-corrected chi connectivity index (χ4v) is 3.11. The molecule has 3 rings (SSSR count). The second-order valence-corrected chi connectivity index (χ2v) is 7.63. The molecule has 1 saturated carbocycles. The Morgan fingerprint density at radius 2 is 1.63 bits per heavy atom. The second kappa shape index (κ2) is 8.38. The number of carbonyl (C=O) groups is 2. The molecule has 1 aliphatic rings. The van der Waals surface area contributed by atoms with E-state index >= 15 is 0 Å². The zero-order valence-electron chi connectivity index (χ0n) is 16.3. The molecule has 2 N–H and O–H groups in total. The average molecular weight is 364 g/mol. The number of nitrogens with one attached hydrogen (secondary N) is 2. The molecule has 1 fully saturated rings. The lowest BCUT2D eigenvalue weighted by Crippen LogP contribution is -2.31. The van der Waals surface area contributed by atoms with Crippen molar-refractivity contribution in [2.24, 2.45) is 11.8 Å². The summed E-state index contributed by atoms with van der Waals surface area (Å²) < 4.78 is 0. The predicted molar refractivity (Wildman–Crippen MR) is 109 cm³/mol. The first-order chi connectivity index (χ1) is 13.0. The molecule has 1 aliphatic carbocycles. The van der Waals surface area contributed by atoms with Gasteiger partial charge in [0.2, 0.25) is 5.91 Å². The van der Waals surface area contributed by atoms with Gasteiger partial charge in [0.1, 0.15) is 0 Å². The Morgan fingerprint density at radius 1 is 1.00 bits per heavy atom. The molecule has 0 saturated heterocycles. The topological polar surface area (TPSA) is 58.2 Å². The summed E-state index contributed by atoms with van der Waals surface area (Å²) >= 11 is 0. The van der Waals surface area contributed by atoms with Crippen molar-refractivity contribution >= 4 is 17.5 Å². The van der Waals surface area contributed by atoms with Crippen LogP contribution in [0.5, 0.6) is 0 Å². The van der Waals surface area contributed by atoms with Gasteiger partial charge in [-0.3, -0.25) is 9.59 Å². The molecule has 1 unspecified atom stereocenters. The van der Waals surface area contributed by atoms with Crippen molar-refractivity contribution in [1.29, 1.82) is 0 Å². The third-order valence-electron chi connectivity index (χ3n) is 5.06. The largest absolute Gasteiger partial charge is 0.345 e. The molecule has 4 nitrogen and oxygen atoms in total. The van der Waals surface area contributed by atoms with Gasteiger partial charge < -0.3 is 10.6 Å². The maximum Gasteiger partial charge on any atom is 0.251 e. The summed E-state index contributed by atoms with van der Waals surface area (Å²) in [6, 6.07) is 15.5. The van der Waals surface area contributed by atoms with Crippen molar-refractivity contribution in [3.63, 3.8) is 0 Å². The van der Waals surface area contributed by atoms with E-state index in [1.54, 1.807) is 24.3 Å². The molecule has 2 aromatic carbocycles. The molecule has 142 valence electrons. The van der Waals surface area contributed by atoms with Gasteiger partial charge in [-0.25, -0.2) is 0 Å². The van der Waals surface area contributed by atoms with Gasteiger partial charge in [-0.2, -0.15) is 0 Å². The molecule has 0 aromatic heterocycles. The average Bonchev–Trinajstić information content (AvgIpc) is 3.52. The lowest BCUT2D eigenvalue weighted by molar-refractivity contribution is -0.117. The van der Waals surface area contributed by atoms with Crippen molar-refractivity contribution in [2.75, 3.05) is 5.32 Å². The zero-order chi connectivity index (χ0) is 19.4. The maximum absolute atomic E-state index is 12.7. The van der Waals surface area contributed by atoms with E-state index in [9.17, 15) is 9.59 Å². The summed E-state index contributed by atoms with van der Waals surface area (Å²) in [4.78, 5) is 24.5. The van der Waals surface area contributed by atoms with Crippen LogP contribution in [0.3, 0.4) is 0 Å². The van der Waals surface area contributed by atoms with Crippen LogP contribution in [0.25, 0.3) is 0 Å². The summed E-state index contributed by atoms with van der Waals surface area (Å²) in [5.74, 6) is 0.410. The Morgan fingerprint density at radius 3 is 2.15 bits per heavy atom. The fraction of sp³-hybridized carbons (Fsp3) is 0.391. The number of anilines is 1. The van der Waals surface area contributed by atoms with E-state index in [1.165, 1.54) is 5.56 Å². The van der Waals surface area contributed by atoms with Crippen LogP contribution >= 0.6 is 0 Å². The SMILES string of the molecule is CCc1ccc(C(NC(=O)c2ccc(NC(=O)C3CC3)cc2)C(C)C)cc1. The van der Waals surface area contributed by atoms with E-state index in [2.05, 4.69) is 55.7 Å². The monoisotopic (exact) mass is 364 g/mol. The first kappa shape index (κ1) is 19.2. The molecule has 0 heterocycles. The molecule has 1 atom stereocenters. The summed E-state index contributed by atoms with van der Waals surface area (Å²) in [5, 5.41) is 6.04. The van der Waals surface area contributed by atoms with E-state index in [0.717, 1.165) is 30.5 Å². The third kappa shape index (κ3) is 4.97. The maximum atomic E-state index is 12.7. The van der Waals surface area contributed by atoms with Crippen LogP contribution in [0, 0.1) is 11.8 Å². The summed E-state index contributed by atoms with van der Waals surface area (Å²) in [7, 11) is 0. The Labute approximate surface area is 161 Å². The van der Waals surface area contributed by atoms with Crippen molar-refractivity contribution in [3.8, 4) is 0 Å². The van der Waals surface area contributed by atoms with Gasteiger partial charge in [0.25, 0.3) is 5.91 Å². The van der Waals surface area contributed by atoms with E-state index in [4.69, 9.17) is 0 Å². The molecule has 27 heavy (non-hydrogen) atoms. The standard InChI is InChI=1S/C23H28N2O2/c1-4-16-5-7-17(8-6-16)21(15(2)3)25-23(27)19-11-13-20(14-12-19)24-22(26)18-9-10-18/h5-8,11-15,18,21H,4,9-10H2,1-3H3,(H,24,26)(H,25,27). The summed E-state index contributed by atoms with van der Waals surface area (Å²) in [6.45, 7) is 6.35. The van der Waals surface area contributed by atoms with Gasteiger partial charge in [0.15, 0.2) is 0 Å². The first-order valence-electron chi connectivity index (χ1n) is 9.78. The number of hydrogen-bond acceptors (Lipinski definition) is 2. The zero-order valence-corrected chi connectivity index (χ0v) is 16.3. The van der Waals surface area contributed by atoms with Gasteiger partial charge in [0, 0.05) is 17.2 Å². The minimum Gasteiger partial charge on any atom is -0.345 e. The van der Waals surface area contributed by atoms with E-state index < -0.39 is 0 Å². The Hall–Kier alpha value is -2.62. The van der Waals surface area contributed by atoms with Crippen LogP contribution in [0.15, 0.2) is 48.5 Å². The highest BCUT2D eigenvalue weighted by atomic mass is 16.2. The van der Waals surface area contributed by atoms with Gasteiger partial charge in [0.05, 0.1) is 6.04 Å². The molecule has 2 aromatic rings. The number of aryl methyl sites for hydroxylation is 1. The van der Waals surface area contributed by atoms with Crippen LogP contribution in [0.2, 0.25) is 0 Å². The van der Waals surface area contributed by atoms with Crippen LogP contribution < -0.4 is 10.6 Å². The quantitative estimate of drug-likeness (QED) is 0.746. The van der Waals surface area contributed by atoms with Gasteiger partial charge in [-0.05, 0) is 60.6 Å². The van der Waals surface area contributed by atoms with Crippen LogP contribution in [0.4, 0.5) is 5.69 Å². The highest BCUT2D eigenvalue weighted by Crippen LogP contribution is 2.30. The van der Waals surface area contributed by atoms with Gasteiger partial charge in [-0.15, -0.1) is 0 Å². The minimum atomic E-state index is -0.103. The van der Waals surface area contributed by atoms with Gasteiger partial charge in [-0.1, -0.05) is 45.0 Å². The highest BCUT2D eigenvalue weighted by Gasteiger charge is 2.29. The fourth-order valence-electron chi connectivity index (χ4n) is 3.11. The second-order valence-electron chi connectivity index (χ2n) is 7.63. The number of carbonyl (C=O) groups excluding carboxylic acids is 2.